The molecule has 0 amide bonds. The molecule has 1 aliphatic heterocycles. The summed E-state index contributed by atoms with van der Waals surface area (Å²) >= 11 is 5.92. The monoisotopic (exact) mass is 501 g/mol. The standard InChI is InChI=1S/C19H24ClN5O.HI/c1-21-19(25-11-14-4-2-3-5-15(14)12-25)22-10-17-23-18(24-26-17)13-6-8-16(20)9-7-13;/h6-9,14-15H,2-5,10-12H2,1H3,(H,21,22);1H. The van der Waals surface area contributed by atoms with Crippen LogP contribution in [-0.2, 0) is 6.54 Å². The summed E-state index contributed by atoms with van der Waals surface area (Å²) in [7, 11) is 1.83. The van der Waals surface area contributed by atoms with Gasteiger partial charge in [-0.05, 0) is 48.9 Å². The van der Waals surface area contributed by atoms with E-state index in [-0.39, 0.29) is 24.0 Å². The van der Waals surface area contributed by atoms with Gasteiger partial charge in [0.1, 0.15) is 0 Å². The van der Waals surface area contributed by atoms with E-state index in [2.05, 4.69) is 25.3 Å². The number of nitrogens with one attached hydrogen (secondary N) is 1. The molecule has 1 saturated heterocycles. The molecule has 1 N–H and O–H groups in total. The van der Waals surface area contributed by atoms with Crippen LogP contribution in [0.4, 0.5) is 0 Å². The minimum Gasteiger partial charge on any atom is -0.347 e. The molecule has 2 heterocycles. The van der Waals surface area contributed by atoms with Gasteiger partial charge in [-0.3, -0.25) is 4.99 Å². The molecule has 2 unspecified atom stereocenters. The molecule has 1 aromatic heterocycles. The Bertz CT molecular complexity index is 765. The van der Waals surface area contributed by atoms with Crippen LogP contribution in [-0.4, -0.2) is 41.1 Å². The van der Waals surface area contributed by atoms with Crippen LogP contribution >= 0.6 is 35.6 Å². The first kappa shape index (κ1) is 20.4. The number of aromatic nitrogens is 2. The van der Waals surface area contributed by atoms with Crippen LogP contribution < -0.4 is 5.32 Å². The fourth-order valence-electron chi connectivity index (χ4n) is 4.11. The molecule has 0 bridgehead atoms. The lowest BCUT2D eigenvalue weighted by Crippen LogP contribution is -2.39. The third-order valence-electron chi connectivity index (χ3n) is 5.46. The van der Waals surface area contributed by atoms with E-state index < -0.39 is 0 Å². The highest BCUT2D eigenvalue weighted by Crippen LogP contribution is 2.35. The minimum absolute atomic E-state index is 0. The van der Waals surface area contributed by atoms with Crippen molar-refractivity contribution in [1.29, 1.82) is 0 Å². The minimum atomic E-state index is 0. The number of hydrogen-bond acceptors (Lipinski definition) is 4. The van der Waals surface area contributed by atoms with Crippen molar-refractivity contribution in [3.8, 4) is 11.4 Å². The number of rotatable bonds is 3. The van der Waals surface area contributed by atoms with Gasteiger partial charge < -0.3 is 14.7 Å². The second-order valence-corrected chi connectivity index (χ2v) is 7.57. The normalized spacial score (nSPS) is 22.3. The van der Waals surface area contributed by atoms with E-state index in [4.69, 9.17) is 16.1 Å². The van der Waals surface area contributed by atoms with Crippen molar-refractivity contribution in [1.82, 2.24) is 20.4 Å². The van der Waals surface area contributed by atoms with Crippen LogP contribution in [0.25, 0.3) is 11.4 Å². The predicted octanol–water partition coefficient (Wildman–Crippen LogP) is 4.21. The SMILES string of the molecule is CN=C(NCc1nc(-c2ccc(Cl)cc2)no1)N1CC2CCCCC2C1.I. The Hall–Kier alpha value is -1.35. The Balaban J connectivity index is 0.00000210. The molecule has 2 aliphatic rings. The molecule has 1 aliphatic carbocycles. The number of guanidine groups is 1. The number of fused-ring (bicyclic) bond motifs is 1. The van der Waals surface area contributed by atoms with Crippen molar-refractivity contribution in [2.75, 3.05) is 20.1 Å². The van der Waals surface area contributed by atoms with Crippen molar-refractivity contribution >= 4 is 41.5 Å². The first-order chi connectivity index (χ1) is 12.7. The Morgan fingerprint density at radius 2 is 1.89 bits per heavy atom. The van der Waals surface area contributed by atoms with Crippen LogP contribution in [0.3, 0.4) is 0 Å². The maximum absolute atomic E-state index is 5.92. The smallest absolute Gasteiger partial charge is 0.246 e. The number of hydrogen-bond donors (Lipinski definition) is 1. The molecule has 4 rings (SSSR count). The molecule has 2 atom stereocenters. The lowest BCUT2D eigenvalue weighted by Gasteiger charge is -2.22. The topological polar surface area (TPSA) is 66.5 Å². The Morgan fingerprint density at radius 1 is 1.22 bits per heavy atom. The first-order valence-corrected chi connectivity index (χ1v) is 9.65. The fraction of sp³-hybridized carbons (Fsp3) is 0.526. The molecule has 2 aromatic rings. The summed E-state index contributed by atoms with van der Waals surface area (Å²) in [5.41, 5.74) is 0.886. The largest absolute Gasteiger partial charge is 0.347 e. The van der Waals surface area contributed by atoms with E-state index in [1.165, 1.54) is 25.7 Å². The molecular weight excluding hydrogens is 477 g/mol. The molecule has 146 valence electrons. The van der Waals surface area contributed by atoms with E-state index in [9.17, 15) is 0 Å². The second kappa shape index (κ2) is 9.23. The zero-order chi connectivity index (χ0) is 17.9. The molecular formula is C19H25ClIN5O. The number of likely N-dealkylation sites (tertiary alicyclic amines) is 1. The summed E-state index contributed by atoms with van der Waals surface area (Å²) in [6, 6.07) is 7.41. The Morgan fingerprint density at radius 3 is 2.52 bits per heavy atom. The molecule has 0 radical (unpaired) electrons. The van der Waals surface area contributed by atoms with Crippen molar-refractivity contribution in [3.05, 3.63) is 35.2 Å². The second-order valence-electron chi connectivity index (χ2n) is 7.13. The lowest BCUT2D eigenvalue weighted by atomic mass is 9.82. The highest BCUT2D eigenvalue weighted by Gasteiger charge is 2.35. The van der Waals surface area contributed by atoms with Gasteiger partial charge >= 0.3 is 0 Å². The van der Waals surface area contributed by atoms with Gasteiger partial charge in [-0.1, -0.05) is 29.6 Å². The quantitative estimate of drug-likeness (QED) is 0.388. The summed E-state index contributed by atoms with van der Waals surface area (Å²) < 4.78 is 5.37. The number of aliphatic imine (C=N–C) groups is 1. The molecule has 1 saturated carbocycles. The van der Waals surface area contributed by atoms with Crippen LogP contribution in [0, 0.1) is 11.8 Å². The first-order valence-electron chi connectivity index (χ1n) is 9.27. The zero-order valence-electron chi connectivity index (χ0n) is 15.4. The van der Waals surface area contributed by atoms with Gasteiger partial charge in [0.15, 0.2) is 5.96 Å². The zero-order valence-corrected chi connectivity index (χ0v) is 18.5. The lowest BCUT2D eigenvalue weighted by molar-refractivity contribution is 0.299. The van der Waals surface area contributed by atoms with E-state index in [0.29, 0.717) is 23.3 Å². The molecule has 27 heavy (non-hydrogen) atoms. The highest BCUT2D eigenvalue weighted by molar-refractivity contribution is 14.0. The van der Waals surface area contributed by atoms with Crippen LogP contribution in [0.5, 0.6) is 0 Å². The predicted molar refractivity (Wildman–Crippen MR) is 117 cm³/mol. The molecule has 1 aromatic carbocycles. The van der Waals surface area contributed by atoms with Gasteiger partial charge in [0.05, 0.1) is 6.54 Å². The molecule has 0 spiro atoms. The Kier molecular flexibility index (Phi) is 6.97. The number of nitrogens with zero attached hydrogens (tertiary/aromatic N) is 4. The summed E-state index contributed by atoms with van der Waals surface area (Å²) in [6.45, 7) is 2.67. The number of benzene rings is 1. The third kappa shape index (κ3) is 4.74. The maximum Gasteiger partial charge on any atom is 0.246 e. The Labute approximate surface area is 181 Å². The van der Waals surface area contributed by atoms with E-state index in [1.807, 2.05) is 31.3 Å². The summed E-state index contributed by atoms with van der Waals surface area (Å²) in [4.78, 5) is 11.3. The van der Waals surface area contributed by atoms with E-state index in [0.717, 1.165) is 36.4 Å². The van der Waals surface area contributed by atoms with Crippen molar-refractivity contribution in [3.63, 3.8) is 0 Å². The third-order valence-corrected chi connectivity index (χ3v) is 5.71. The van der Waals surface area contributed by atoms with Gasteiger partial charge in [-0.15, -0.1) is 24.0 Å². The van der Waals surface area contributed by atoms with Gasteiger partial charge in [-0.25, -0.2) is 0 Å². The summed E-state index contributed by atoms with van der Waals surface area (Å²) in [5.74, 6) is 3.68. The van der Waals surface area contributed by atoms with Gasteiger partial charge in [0, 0.05) is 30.7 Å². The van der Waals surface area contributed by atoms with E-state index >= 15 is 0 Å². The van der Waals surface area contributed by atoms with Gasteiger partial charge in [0.2, 0.25) is 11.7 Å². The maximum atomic E-state index is 5.92. The number of halogens is 2. The molecule has 6 nitrogen and oxygen atoms in total. The summed E-state index contributed by atoms with van der Waals surface area (Å²) in [5, 5.41) is 8.11. The molecule has 2 fully saturated rings. The van der Waals surface area contributed by atoms with Crippen LogP contribution in [0.1, 0.15) is 31.6 Å². The van der Waals surface area contributed by atoms with Crippen LogP contribution in [0.2, 0.25) is 5.02 Å². The highest BCUT2D eigenvalue weighted by atomic mass is 127. The van der Waals surface area contributed by atoms with Crippen molar-refractivity contribution in [2.24, 2.45) is 16.8 Å². The van der Waals surface area contributed by atoms with Crippen molar-refractivity contribution in [2.45, 2.75) is 32.2 Å². The molecule has 8 heteroatoms. The average molecular weight is 502 g/mol. The van der Waals surface area contributed by atoms with Crippen molar-refractivity contribution < 1.29 is 4.52 Å². The van der Waals surface area contributed by atoms with Gasteiger partial charge in [-0.2, -0.15) is 4.98 Å². The fourth-order valence-corrected chi connectivity index (χ4v) is 4.23. The van der Waals surface area contributed by atoms with Gasteiger partial charge in [0.25, 0.3) is 0 Å². The average Bonchev–Trinajstić information content (AvgIpc) is 3.30. The van der Waals surface area contributed by atoms with E-state index in [1.54, 1.807) is 0 Å². The van der Waals surface area contributed by atoms with Crippen LogP contribution in [0.15, 0.2) is 33.8 Å². The summed E-state index contributed by atoms with van der Waals surface area (Å²) in [6.07, 6.45) is 5.45.